The minimum Gasteiger partial charge on any atom is -0.282 e. The lowest BCUT2D eigenvalue weighted by Crippen LogP contribution is -2.40. The molecular weight excluding hydrogens is 240 g/mol. The molecule has 0 atom stereocenters. The molecule has 17 heavy (non-hydrogen) atoms. The van der Waals surface area contributed by atoms with Crippen LogP contribution in [-0.4, -0.2) is 36.0 Å². The second kappa shape index (κ2) is 5.61. The summed E-state index contributed by atoms with van der Waals surface area (Å²) in [5.41, 5.74) is 2.62. The van der Waals surface area contributed by atoms with E-state index < -0.39 is 10.2 Å². The third-order valence-electron chi connectivity index (χ3n) is 2.76. The molecule has 98 valence electrons. The molecule has 0 aromatic carbocycles. The number of nitrogens with zero attached hydrogens (tertiary/aromatic N) is 2. The fourth-order valence-electron chi connectivity index (χ4n) is 1.65. The van der Waals surface area contributed by atoms with Gasteiger partial charge in [-0.1, -0.05) is 13.8 Å². The summed E-state index contributed by atoms with van der Waals surface area (Å²) in [6, 6.07) is 0. The molecule has 0 saturated heterocycles. The van der Waals surface area contributed by atoms with Crippen LogP contribution in [0.2, 0.25) is 0 Å². The average Bonchev–Trinajstić information content (AvgIpc) is 2.57. The largest absolute Gasteiger partial charge is 0.282 e. The van der Waals surface area contributed by atoms with E-state index in [1.54, 1.807) is 0 Å². The lowest BCUT2D eigenvalue weighted by atomic mass is 10.2. The summed E-state index contributed by atoms with van der Waals surface area (Å²) < 4.78 is 27.8. The zero-order valence-electron chi connectivity index (χ0n) is 10.7. The van der Waals surface area contributed by atoms with E-state index in [1.165, 1.54) is 4.31 Å². The van der Waals surface area contributed by atoms with Crippen LogP contribution in [0.15, 0.2) is 0 Å². The SMILES string of the molecule is CCN(CC)S(=O)(=O)NCc1c(C)n[nH]c1C. The van der Waals surface area contributed by atoms with Gasteiger partial charge < -0.3 is 0 Å². The van der Waals surface area contributed by atoms with Crippen LogP contribution in [0.1, 0.15) is 30.8 Å². The van der Waals surface area contributed by atoms with Crippen LogP contribution < -0.4 is 4.72 Å². The summed E-state index contributed by atoms with van der Waals surface area (Å²) >= 11 is 0. The van der Waals surface area contributed by atoms with Gasteiger partial charge in [-0.3, -0.25) is 5.10 Å². The van der Waals surface area contributed by atoms with Crippen molar-refractivity contribution in [1.82, 2.24) is 19.2 Å². The first-order valence-corrected chi connectivity index (χ1v) is 7.11. The highest BCUT2D eigenvalue weighted by Crippen LogP contribution is 2.09. The van der Waals surface area contributed by atoms with E-state index in [4.69, 9.17) is 0 Å². The van der Waals surface area contributed by atoms with Crippen molar-refractivity contribution in [2.24, 2.45) is 0 Å². The maximum Gasteiger partial charge on any atom is 0.279 e. The first kappa shape index (κ1) is 14.1. The van der Waals surface area contributed by atoms with Crippen LogP contribution in [0, 0.1) is 13.8 Å². The third-order valence-corrected chi connectivity index (χ3v) is 4.46. The first-order chi connectivity index (χ1) is 7.92. The fourth-order valence-corrected chi connectivity index (χ4v) is 2.84. The zero-order valence-corrected chi connectivity index (χ0v) is 11.6. The van der Waals surface area contributed by atoms with Crippen LogP contribution in [0.3, 0.4) is 0 Å². The van der Waals surface area contributed by atoms with Gasteiger partial charge in [0.25, 0.3) is 10.2 Å². The molecule has 0 aliphatic carbocycles. The van der Waals surface area contributed by atoms with Crippen molar-refractivity contribution in [2.45, 2.75) is 34.2 Å². The molecular formula is C10H20N4O2S. The number of aromatic amines is 1. The summed E-state index contributed by atoms with van der Waals surface area (Å²) in [5, 5.41) is 6.86. The van der Waals surface area contributed by atoms with E-state index in [-0.39, 0.29) is 6.54 Å². The standard InChI is InChI=1S/C10H20N4O2S/c1-5-14(6-2)17(15,16)11-7-10-8(3)12-13-9(10)4/h11H,5-7H2,1-4H3,(H,12,13). The molecule has 1 rings (SSSR count). The normalized spacial score (nSPS) is 12.3. The Morgan fingerprint density at radius 1 is 1.29 bits per heavy atom. The minimum atomic E-state index is -3.39. The van der Waals surface area contributed by atoms with Crippen LogP contribution >= 0.6 is 0 Å². The monoisotopic (exact) mass is 260 g/mol. The number of aromatic nitrogens is 2. The molecule has 6 nitrogen and oxygen atoms in total. The summed E-state index contributed by atoms with van der Waals surface area (Å²) in [4.78, 5) is 0. The predicted octanol–water partition coefficient (Wildman–Crippen LogP) is 0.703. The fraction of sp³-hybridized carbons (Fsp3) is 0.700. The number of aryl methyl sites for hydroxylation is 2. The number of nitrogens with one attached hydrogen (secondary N) is 2. The molecule has 1 aromatic heterocycles. The maximum absolute atomic E-state index is 11.9. The predicted molar refractivity (Wildman–Crippen MR) is 66.7 cm³/mol. The lowest BCUT2D eigenvalue weighted by Gasteiger charge is -2.18. The Morgan fingerprint density at radius 3 is 2.29 bits per heavy atom. The van der Waals surface area contributed by atoms with E-state index in [0.717, 1.165) is 17.0 Å². The average molecular weight is 260 g/mol. The van der Waals surface area contributed by atoms with E-state index in [0.29, 0.717) is 13.1 Å². The highest BCUT2D eigenvalue weighted by molar-refractivity contribution is 7.87. The second-order valence-corrected chi connectivity index (χ2v) is 5.58. The molecule has 0 aliphatic rings. The van der Waals surface area contributed by atoms with Crippen molar-refractivity contribution in [3.05, 3.63) is 17.0 Å². The van der Waals surface area contributed by atoms with Gasteiger partial charge in [-0.05, 0) is 13.8 Å². The quantitative estimate of drug-likeness (QED) is 0.790. The van der Waals surface area contributed by atoms with Gasteiger partial charge >= 0.3 is 0 Å². The Kier molecular flexibility index (Phi) is 4.67. The van der Waals surface area contributed by atoms with Crippen molar-refractivity contribution in [3.8, 4) is 0 Å². The van der Waals surface area contributed by atoms with E-state index in [9.17, 15) is 8.42 Å². The minimum absolute atomic E-state index is 0.271. The number of rotatable bonds is 6. The van der Waals surface area contributed by atoms with Crippen LogP contribution in [0.4, 0.5) is 0 Å². The van der Waals surface area contributed by atoms with E-state index in [2.05, 4.69) is 14.9 Å². The maximum atomic E-state index is 11.9. The zero-order chi connectivity index (χ0) is 13.1. The van der Waals surface area contributed by atoms with Gasteiger partial charge in [0.05, 0.1) is 5.69 Å². The Labute approximate surface area is 103 Å². The molecule has 7 heteroatoms. The third kappa shape index (κ3) is 3.27. The van der Waals surface area contributed by atoms with Gasteiger partial charge in [0.1, 0.15) is 0 Å². The summed E-state index contributed by atoms with van der Waals surface area (Å²) in [6.45, 7) is 8.57. The summed E-state index contributed by atoms with van der Waals surface area (Å²) in [5.74, 6) is 0. The van der Waals surface area contributed by atoms with Gasteiger partial charge in [0.15, 0.2) is 0 Å². The summed E-state index contributed by atoms with van der Waals surface area (Å²) in [6.07, 6.45) is 0. The molecule has 0 aliphatic heterocycles. The first-order valence-electron chi connectivity index (χ1n) is 5.67. The highest BCUT2D eigenvalue weighted by atomic mass is 32.2. The van der Waals surface area contributed by atoms with Crippen molar-refractivity contribution < 1.29 is 8.42 Å². The topological polar surface area (TPSA) is 78.1 Å². The molecule has 1 aromatic rings. The van der Waals surface area contributed by atoms with E-state index in [1.807, 2.05) is 27.7 Å². The molecule has 0 bridgehead atoms. The van der Waals surface area contributed by atoms with Gasteiger partial charge in [-0.25, -0.2) is 0 Å². The number of hydrogen-bond donors (Lipinski definition) is 2. The number of hydrogen-bond acceptors (Lipinski definition) is 3. The molecule has 1 heterocycles. The smallest absolute Gasteiger partial charge is 0.279 e. The van der Waals surface area contributed by atoms with E-state index >= 15 is 0 Å². The van der Waals surface area contributed by atoms with Crippen molar-refractivity contribution in [3.63, 3.8) is 0 Å². The van der Waals surface area contributed by atoms with Gasteiger partial charge in [-0.15, -0.1) is 0 Å². The Bertz CT molecular complexity index is 443. The summed E-state index contributed by atoms with van der Waals surface area (Å²) in [7, 11) is -3.39. The van der Waals surface area contributed by atoms with Crippen molar-refractivity contribution in [1.29, 1.82) is 0 Å². The van der Waals surface area contributed by atoms with Gasteiger partial charge in [-0.2, -0.15) is 22.5 Å². The molecule has 0 unspecified atom stereocenters. The molecule has 0 amide bonds. The Hall–Kier alpha value is -0.920. The van der Waals surface area contributed by atoms with Gasteiger partial charge in [0.2, 0.25) is 0 Å². The van der Waals surface area contributed by atoms with Crippen LogP contribution in [0.25, 0.3) is 0 Å². The highest BCUT2D eigenvalue weighted by Gasteiger charge is 2.19. The Balaban J connectivity index is 2.74. The lowest BCUT2D eigenvalue weighted by molar-refractivity contribution is 0.434. The second-order valence-electron chi connectivity index (χ2n) is 3.82. The number of H-pyrrole nitrogens is 1. The molecule has 2 N–H and O–H groups in total. The molecule has 0 saturated carbocycles. The van der Waals surface area contributed by atoms with Gasteiger partial charge in [0, 0.05) is 30.9 Å². The van der Waals surface area contributed by atoms with Crippen molar-refractivity contribution >= 4 is 10.2 Å². The van der Waals surface area contributed by atoms with Crippen molar-refractivity contribution in [2.75, 3.05) is 13.1 Å². The molecule has 0 radical (unpaired) electrons. The Morgan fingerprint density at radius 2 is 1.88 bits per heavy atom. The molecule has 0 spiro atoms. The van der Waals surface area contributed by atoms with Crippen LogP contribution in [-0.2, 0) is 16.8 Å². The molecule has 0 fully saturated rings. The van der Waals surface area contributed by atoms with Crippen LogP contribution in [0.5, 0.6) is 0 Å².